The highest BCUT2D eigenvalue weighted by Crippen LogP contribution is 2.38. The van der Waals surface area contributed by atoms with Crippen molar-refractivity contribution in [3.8, 4) is 34.0 Å². The molecule has 6 aromatic carbocycles. The van der Waals surface area contributed by atoms with E-state index >= 15 is 0 Å². The Hall–Kier alpha value is -5.59. The van der Waals surface area contributed by atoms with Crippen LogP contribution in [0.1, 0.15) is 5.56 Å². The number of furan rings is 1. The molecule has 2 aromatic heterocycles. The zero-order chi connectivity index (χ0) is 26.6. The number of fused-ring (bicyclic) bond motifs is 6. The molecule has 2 heterocycles. The first-order chi connectivity index (χ1) is 19.8. The molecule has 40 heavy (non-hydrogen) atoms. The predicted octanol–water partition coefficient (Wildman–Crippen LogP) is 9.89. The number of benzene rings is 6. The minimum atomic E-state index is 0.667. The second-order valence-electron chi connectivity index (χ2n) is 10.1. The monoisotopic (exact) mass is 510 g/mol. The summed E-state index contributed by atoms with van der Waals surface area (Å²) in [6, 6.07) is 48.5. The van der Waals surface area contributed by atoms with Crippen LogP contribution >= 0.6 is 0 Å². The van der Waals surface area contributed by atoms with Gasteiger partial charge in [-0.25, -0.2) is 0 Å². The molecule has 0 atom stereocenters. The Kier molecular flexibility index (Phi) is 4.89. The molecule has 0 saturated heterocycles. The van der Waals surface area contributed by atoms with E-state index in [1.807, 2.05) is 24.3 Å². The van der Waals surface area contributed by atoms with E-state index in [0.717, 1.165) is 71.7 Å². The minimum absolute atomic E-state index is 0.667. The third kappa shape index (κ3) is 3.37. The number of nitriles is 1. The van der Waals surface area contributed by atoms with E-state index < -0.39 is 0 Å². The SMILES string of the molecule is N#Cc1ccc2c(c1)c1ccccc1n2-c1cccc(-c2cccc(-c3cccc4c3oc3ccccc34)c2)c1. The number of nitrogens with zero attached hydrogens (tertiary/aromatic N) is 2. The molecule has 3 heteroatoms. The molecule has 0 aliphatic heterocycles. The van der Waals surface area contributed by atoms with Gasteiger partial charge in [-0.15, -0.1) is 0 Å². The maximum atomic E-state index is 9.49. The summed E-state index contributed by atoms with van der Waals surface area (Å²) in [7, 11) is 0. The summed E-state index contributed by atoms with van der Waals surface area (Å²) in [6.07, 6.45) is 0. The number of hydrogen-bond acceptors (Lipinski definition) is 2. The molecule has 3 nitrogen and oxygen atoms in total. The molecule has 0 saturated carbocycles. The number of para-hydroxylation sites is 3. The van der Waals surface area contributed by atoms with Gasteiger partial charge in [0.15, 0.2) is 0 Å². The maximum Gasteiger partial charge on any atom is 0.143 e. The van der Waals surface area contributed by atoms with Crippen LogP contribution in [-0.4, -0.2) is 4.57 Å². The van der Waals surface area contributed by atoms with Gasteiger partial charge in [0.05, 0.1) is 22.7 Å². The van der Waals surface area contributed by atoms with Crippen molar-refractivity contribution in [2.75, 3.05) is 0 Å². The quantitative estimate of drug-likeness (QED) is 0.237. The van der Waals surface area contributed by atoms with Crippen molar-refractivity contribution < 1.29 is 4.42 Å². The Morgan fingerprint density at radius 2 is 1.23 bits per heavy atom. The topological polar surface area (TPSA) is 41.9 Å². The van der Waals surface area contributed by atoms with Crippen LogP contribution in [-0.2, 0) is 0 Å². The molecule has 0 fully saturated rings. The van der Waals surface area contributed by atoms with Gasteiger partial charge in [0.2, 0.25) is 0 Å². The molecule has 0 aliphatic carbocycles. The molecule has 186 valence electrons. The van der Waals surface area contributed by atoms with E-state index in [1.165, 1.54) is 0 Å². The van der Waals surface area contributed by atoms with Gasteiger partial charge in [-0.05, 0) is 65.2 Å². The summed E-state index contributed by atoms with van der Waals surface area (Å²) in [6.45, 7) is 0. The molecule has 0 aliphatic rings. The summed E-state index contributed by atoms with van der Waals surface area (Å²) >= 11 is 0. The van der Waals surface area contributed by atoms with Gasteiger partial charge in [-0.1, -0.05) is 84.9 Å². The van der Waals surface area contributed by atoms with Gasteiger partial charge in [0.25, 0.3) is 0 Å². The molecule has 0 radical (unpaired) electrons. The lowest BCUT2D eigenvalue weighted by Crippen LogP contribution is -1.94. The maximum absolute atomic E-state index is 9.49. The number of hydrogen-bond donors (Lipinski definition) is 0. The molecule has 0 N–H and O–H groups in total. The first kappa shape index (κ1) is 22.4. The van der Waals surface area contributed by atoms with Gasteiger partial charge < -0.3 is 8.98 Å². The zero-order valence-corrected chi connectivity index (χ0v) is 21.5. The molecule has 0 amide bonds. The van der Waals surface area contributed by atoms with Crippen molar-refractivity contribution in [3.05, 3.63) is 139 Å². The van der Waals surface area contributed by atoms with Gasteiger partial charge >= 0.3 is 0 Å². The van der Waals surface area contributed by atoms with Crippen LogP contribution in [0.2, 0.25) is 0 Å². The smallest absolute Gasteiger partial charge is 0.143 e. The molecule has 0 bridgehead atoms. The van der Waals surface area contributed by atoms with Crippen LogP contribution in [0.4, 0.5) is 0 Å². The number of rotatable bonds is 3. The first-order valence-electron chi connectivity index (χ1n) is 13.3. The molecule has 0 spiro atoms. The number of aromatic nitrogens is 1. The third-order valence-corrected chi connectivity index (χ3v) is 7.82. The fourth-order valence-corrected chi connectivity index (χ4v) is 5.99. The fraction of sp³-hybridized carbons (Fsp3) is 0. The predicted molar refractivity (Wildman–Crippen MR) is 164 cm³/mol. The standard InChI is InChI=1S/C37H22N2O/c38-23-24-18-19-35-33(20-24)30-12-1-3-16-34(30)39(35)28-11-6-9-26(22-28)25-8-5-10-27(21-25)29-14-7-15-32-31-13-2-4-17-36(31)40-37(29)32/h1-22H. The van der Waals surface area contributed by atoms with Crippen molar-refractivity contribution in [1.82, 2.24) is 4.57 Å². The Labute approximate surface area is 230 Å². The molecule has 8 aromatic rings. The Balaban J connectivity index is 1.28. The third-order valence-electron chi connectivity index (χ3n) is 7.82. The molecular formula is C37H22N2O. The van der Waals surface area contributed by atoms with E-state index in [4.69, 9.17) is 4.42 Å². The summed E-state index contributed by atoms with van der Waals surface area (Å²) in [5, 5.41) is 14.0. The lowest BCUT2D eigenvalue weighted by molar-refractivity contribution is 0.670. The summed E-state index contributed by atoms with van der Waals surface area (Å²) < 4.78 is 8.61. The summed E-state index contributed by atoms with van der Waals surface area (Å²) in [5.74, 6) is 0. The Bertz CT molecular complexity index is 2290. The summed E-state index contributed by atoms with van der Waals surface area (Å²) in [4.78, 5) is 0. The highest BCUT2D eigenvalue weighted by atomic mass is 16.3. The van der Waals surface area contributed by atoms with Crippen LogP contribution in [0, 0.1) is 11.3 Å². The molecule has 0 unspecified atom stereocenters. The Morgan fingerprint density at radius 3 is 2.12 bits per heavy atom. The highest BCUT2D eigenvalue weighted by molar-refractivity contribution is 6.10. The first-order valence-corrected chi connectivity index (χ1v) is 13.3. The zero-order valence-electron chi connectivity index (χ0n) is 21.5. The average molecular weight is 511 g/mol. The van der Waals surface area contributed by atoms with Crippen LogP contribution in [0.5, 0.6) is 0 Å². The van der Waals surface area contributed by atoms with Crippen LogP contribution in [0.25, 0.3) is 71.7 Å². The fourth-order valence-electron chi connectivity index (χ4n) is 5.99. The van der Waals surface area contributed by atoms with E-state index in [-0.39, 0.29) is 0 Å². The average Bonchev–Trinajstić information content (AvgIpc) is 3.57. The molecular weight excluding hydrogens is 488 g/mol. The van der Waals surface area contributed by atoms with E-state index in [2.05, 4.69) is 120 Å². The van der Waals surface area contributed by atoms with Gasteiger partial charge in [0.1, 0.15) is 11.2 Å². The van der Waals surface area contributed by atoms with Gasteiger partial charge in [0, 0.05) is 32.8 Å². The van der Waals surface area contributed by atoms with Crippen molar-refractivity contribution in [1.29, 1.82) is 5.26 Å². The van der Waals surface area contributed by atoms with Crippen LogP contribution in [0.15, 0.2) is 138 Å². The van der Waals surface area contributed by atoms with E-state index in [9.17, 15) is 5.26 Å². The van der Waals surface area contributed by atoms with Crippen molar-refractivity contribution in [2.45, 2.75) is 0 Å². The van der Waals surface area contributed by atoms with Crippen LogP contribution in [0.3, 0.4) is 0 Å². The van der Waals surface area contributed by atoms with Gasteiger partial charge in [-0.3, -0.25) is 0 Å². The van der Waals surface area contributed by atoms with Crippen LogP contribution < -0.4 is 0 Å². The van der Waals surface area contributed by atoms with Crippen molar-refractivity contribution in [3.63, 3.8) is 0 Å². The van der Waals surface area contributed by atoms with Crippen molar-refractivity contribution >= 4 is 43.7 Å². The minimum Gasteiger partial charge on any atom is -0.455 e. The highest BCUT2D eigenvalue weighted by Gasteiger charge is 2.15. The Morgan fingerprint density at radius 1 is 0.525 bits per heavy atom. The second-order valence-corrected chi connectivity index (χ2v) is 10.1. The normalized spacial score (nSPS) is 11.5. The second kappa shape index (κ2) is 8.73. The lowest BCUT2D eigenvalue weighted by Gasteiger charge is -2.11. The van der Waals surface area contributed by atoms with E-state index in [1.54, 1.807) is 0 Å². The largest absolute Gasteiger partial charge is 0.455 e. The lowest BCUT2D eigenvalue weighted by atomic mass is 9.97. The summed E-state index contributed by atoms with van der Waals surface area (Å²) in [5.41, 5.74) is 10.3. The van der Waals surface area contributed by atoms with Crippen molar-refractivity contribution in [2.24, 2.45) is 0 Å². The van der Waals surface area contributed by atoms with E-state index in [0.29, 0.717) is 5.56 Å². The molecule has 8 rings (SSSR count). The van der Waals surface area contributed by atoms with Gasteiger partial charge in [-0.2, -0.15) is 5.26 Å².